The van der Waals surface area contributed by atoms with Crippen molar-refractivity contribution in [1.82, 2.24) is 19.1 Å². The Labute approximate surface area is 139 Å². The van der Waals surface area contributed by atoms with Gasteiger partial charge in [0.1, 0.15) is 10.3 Å². The zero-order valence-electron chi connectivity index (χ0n) is 13.2. The van der Waals surface area contributed by atoms with Gasteiger partial charge in [-0.3, -0.25) is 5.41 Å². The molecule has 0 saturated heterocycles. The number of imidazole rings is 1. The van der Waals surface area contributed by atoms with Gasteiger partial charge in [0.25, 0.3) is 0 Å². The summed E-state index contributed by atoms with van der Waals surface area (Å²) in [5, 5.41) is 9.74. The van der Waals surface area contributed by atoms with Crippen molar-refractivity contribution in [2.75, 3.05) is 0 Å². The lowest BCUT2D eigenvalue weighted by molar-refractivity contribution is 0.544. The largest absolute Gasteiger partial charge is 0.337 e. The lowest BCUT2D eigenvalue weighted by Gasteiger charge is -2.08. The molecule has 1 N–H and O–H groups in total. The Morgan fingerprint density at radius 3 is 2.91 bits per heavy atom. The molecule has 0 amide bonds. The van der Waals surface area contributed by atoms with Gasteiger partial charge in [-0.2, -0.15) is 0 Å². The van der Waals surface area contributed by atoms with Crippen LogP contribution < -0.4 is 5.49 Å². The second-order valence-corrected chi connectivity index (χ2v) is 7.27. The highest BCUT2D eigenvalue weighted by atomic mass is 32.1. The molecule has 0 bridgehead atoms. The molecule has 0 unspecified atom stereocenters. The minimum absolute atomic E-state index is 0.639. The summed E-state index contributed by atoms with van der Waals surface area (Å²) in [6.07, 6.45) is 14.5. The maximum atomic E-state index is 8.63. The van der Waals surface area contributed by atoms with Crippen molar-refractivity contribution >= 4 is 21.6 Å². The van der Waals surface area contributed by atoms with Gasteiger partial charge in [0.2, 0.25) is 0 Å². The highest BCUT2D eigenvalue weighted by Crippen LogP contribution is 2.32. The Kier molecular flexibility index (Phi) is 3.99. The molecule has 0 aromatic carbocycles. The van der Waals surface area contributed by atoms with Crippen LogP contribution in [0.5, 0.6) is 0 Å². The van der Waals surface area contributed by atoms with Gasteiger partial charge in [0.05, 0.1) is 18.0 Å². The molecule has 3 aromatic heterocycles. The Bertz CT molecular complexity index is 859. The van der Waals surface area contributed by atoms with Crippen LogP contribution in [-0.2, 0) is 25.9 Å². The van der Waals surface area contributed by atoms with Gasteiger partial charge in [0, 0.05) is 30.4 Å². The molecule has 4 rings (SSSR count). The molecule has 3 aromatic rings. The number of aromatic nitrogens is 4. The van der Waals surface area contributed by atoms with Gasteiger partial charge in [-0.05, 0) is 37.7 Å². The Morgan fingerprint density at radius 1 is 1.13 bits per heavy atom. The quantitative estimate of drug-likeness (QED) is 0.748. The van der Waals surface area contributed by atoms with Crippen LogP contribution >= 0.6 is 11.3 Å². The third-order valence-corrected chi connectivity index (χ3v) is 5.82. The van der Waals surface area contributed by atoms with Crippen LogP contribution in [0.15, 0.2) is 25.0 Å². The van der Waals surface area contributed by atoms with Crippen molar-refractivity contribution in [3.05, 3.63) is 41.0 Å². The van der Waals surface area contributed by atoms with Crippen molar-refractivity contribution in [2.24, 2.45) is 0 Å². The molecular formula is C17H21N5S. The number of rotatable bonds is 4. The molecule has 0 fully saturated rings. The van der Waals surface area contributed by atoms with E-state index in [9.17, 15) is 0 Å². The first-order valence-corrected chi connectivity index (χ1v) is 9.14. The number of hydrogen-bond acceptors (Lipinski definition) is 4. The number of nitrogens with zero attached hydrogens (tertiary/aromatic N) is 4. The first kappa shape index (κ1) is 14.6. The number of thiophene rings is 1. The third-order valence-electron chi connectivity index (χ3n) is 4.62. The Hall–Kier alpha value is -1.95. The van der Waals surface area contributed by atoms with E-state index in [0.717, 1.165) is 42.6 Å². The summed E-state index contributed by atoms with van der Waals surface area (Å²) in [7, 11) is 0. The average Bonchev–Trinajstić information content (AvgIpc) is 3.13. The van der Waals surface area contributed by atoms with Gasteiger partial charge >= 0.3 is 0 Å². The Balaban J connectivity index is 1.62. The van der Waals surface area contributed by atoms with Crippen LogP contribution in [-0.4, -0.2) is 19.1 Å². The number of hydrogen-bond donors (Lipinski definition) is 1. The molecule has 0 aliphatic heterocycles. The summed E-state index contributed by atoms with van der Waals surface area (Å²) < 4.78 is 4.07. The standard InChI is InChI=1S/C17H21N5S/c18-16-15-13-5-2-1-3-6-14(13)23-17(15)20-12-22(16)9-4-8-21-10-7-19-11-21/h7,10-12,18H,1-6,8-9H2. The molecule has 1 aliphatic rings. The fourth-order valence-corrected chi connectivity index (χ4v) is 4.63. The van der Waals surface area contributed by atoms with Crippen LogP contribution in [0.4, 0.5) is 0 Å². The van der Waals surface area contributed by atoms with Gasteiger partial charge in [-0.1, -0.05) is 6.42 Å². The van der Waals surface area contributed by atoms with E-state index in [2.05, 4.69) is 14.5 Å². The zero-order valence-corrected chi connectivity index (χ0v) is 14.0. The van der Waals surface area contributed by atoms with Gasteiger partial charge < -0.3 is 9.13 Å². The van der Waals surface area contributed by atoms with Crippen molar-refractivity contribution in [2.45, 2.75) is 51.6 Å². The van der Waals surface area contributed by atoms with E-state index < -0.39 is 0 Å². The molecule has 0 atom stereocenters. The third kappa shape index (κ3) is 2.83. The number of aryl methyl sites for hydroxylation is 4. The van der Waals surface area contributed by atoms with Crippen LogP contribution in [0.3, 0.4) is 0 Å². The molecule has 1 aliphatic carbocycles. The minimum atomic E-state index is 0.639. The van der Waals surface area contributed by atoms with Crippen LogP contribution in [0.25, 0.3) is 10.2 Å². The van der Waals surface area contributed by atoms with E-state index in [0.29, 0.717) is 5.49 Å². The first-order valence-electron chi connectivity index (χ1n) is 8.33. The second kappa shape index (κ2) is 6.28. The highest BCUT2D eigenvalue weighted by Gasteiger charge is 2.17. The van der Waals surface area contributed by atoms with Crippen LogP contribution in [0.1, 0.15) is 36.1 Å². The monoisotopic (exact) mass is 327 g/mol. The molecular weight excluding hydrogens is 306 g/mol. The lowest BCUT2D eigenvalue weighted by atomic mass is 10.1. The summed E-state index contributed by atoms with van der Waals surface area (Å²) in [5.74, 6) is 0. The molecule has 120 valence electrons. The number of nitrogens with one attached hydrogen (secondary N) is 1. The molecule has 5 nitrogen and oxygen atoms in total. The van der Waals surface area contributed by atoms with Crippen LogP contribution in [0.2, 0.25) is 0 Å². The van der Waals surface area contributed by atoms with E-state index in [1.807, 2.05) is 23.4 Å². The summed E-state index contributed by atoms with van der Waals surface area (Å²) in [6, 6.07) is 0. The van der Waals surface area contributed by atoms with Crippen LogP contribution in [0, 0.1) is 5.41 Å². The normalized spacial score (nSPS) is 14.8. The van der Waals surface area contributed by atoms with E-state index in [1.165, 1.54) is 29.7 Å². The summed E-state index contributed by atoms with van der Waals surface area (Å²) >= 11 is 1.80. The van der Waals surface area contributed by atoms with Gasteiger partial charge in [0.15, 0.2) is 0 Å². The molecule has 6 heteroatoms. The summed E-state index contributed by atoms with van der Waals surface area (Å²) in [6.45, 7) is 1.75. The fraction of sp³-hybridized carbons (Fsp3) is 0.471. The SMILES string of the molecule is N=c1c2c3c(sc2ncn1CCCn1ccnc1)CCCCC3. The number of fused-ring (bicyclic) bond motifs is 3. The van der Waals surface area contributed by atoms with Crippen molar-refractivity contribution in [3.8, 4) is 0 Å². The fourth-order valence-electron chi connectivity index (χ4n) is 3.40. The molecule has 3 heterocycles. The maximum Gasteiger partial charge on any atom is 0.136 e. The average molecular weight is 327 g/mol. The van der Waals surface area contributed by atoms with Crippen molar-refractivity contribution in [3.63, 3.8) is 0 Å². The zero-order chi connectivity index (χ0) is 15.6. The lowest BCUT2D eigenvalue weighted by Crippen LogP contribution is -2.21. The first-order chi connectivity index (χ1) is 11.3. The molecule has 23 heavy (non-hydrogen) atoms. The smallest absolute Gasteiger partial charge is 0.136 e. The molecule has 0 spiro atoms. The molecule has 0 radical (unpaired) electrons. The summed E-state index contributed by atoms with van der Waals surface area (Å²) in [5.41, 5.74) is 2.05. The topological polar surface area (TPSA) is 59.5 Å². The van der Waals surface area contributed by atoms with Crippen molar-refractivity contribution in [1.29, 1.82) is 5.41 Å². The summed E-state index contributed by atoms with van der Waals surface area (Å²) in [4.78, 5) is 11.2. The van der Waals surface area contributed by atoms with E-state index in [-0.39, 0.29) is 0 Å². The second-order valence-electron chi connectivity index (χ2n) is 6.19. The van der Waals surface area contributed by atoms with E-state index in [4.69, 9.17) is 5.41 Å². The van der Waals surface area contributed by atoms with E-state index in [1.54, 1.807) is 17.5 Å². The van der Waals surface area contributed by atoms with Gasteiger partial charge in [-0.25, -0.2) is 9.97 Å². The Morgan fingerprint density at radius 2 is 2.04 bits per heavy atom. The van der Waals surface area contributed by atoms with Gasteiger partial charge in [-0.15, -0.1) is 11.3 Å². The predicted octanol–water partition coefficient (Wildman–Crippen LogP) is 3.13. The predicted molar refractivity (Wildman–Crippen MR) is 91.6 cm³/mol. The molecule has 0 saturated carbocycles. The maximum absolute atomic E-state index is 8.63. The highest BCUT2D eigenvalue weighted by molar-refractivity contribution is 7.18. The minimum Gasteiger partial charge on any atom is -0.337 e. The van der Waals surface area contributed by atoms with E-state index >= 15 is 0 Å². The van der Waals surface area contributed by atoms with Crippen molar-refractivity contribution < 1.29 is 0 Å².